The van der Waals surface area contributed by atoms with Gasteiger partial charge in [-0.2, -0.15) is 0 Å². The number of aliphatic hydroxyl groups is 3. The van der Waals surface area contributed by atoms with E-state index >= 15 is 0 Å². The van der Waals surface area contributed by atoms with Gasteiger partial charge in [0.15, 0.2) is 18.7 Å². The first-order valence-corrected chi connectivity index (χ1v) is 21.0. The van der Waals surface area contributed by atoms with Crippen molar-refractivity contribution < 1.29 is 72.4 Å². The fourth-order valence-electron chi connectivity index (χ4n) is 8.24. The van der Waals surface area contributed by atoms with E-state index in [9.17, 15) is 34.5 Å². The molecule has 0 aromatic carbocycles. The second-order valence-electron chi connectivity index (χ2n) is 17.3. The number of methoxy groups -OCH3 is 1. The van der Waals surface area contributed by atoms with Crippen molar-refractivity contribution in [2.24, 2.45) is 17.8 Å². The van der Waals surface area contributed by atoms with Crippen LogP contribution in [0.5, 0.6) is 0 Å². The maximum atomic E-state index is 13.4. The van der Waals surface area contributed by atoms with Crippen LogP contribution in [0.15, 0.2) is 24.0 Å². The smallest absolute Gasteiger partial charge is 0.309 e. The summed E-state index contributed by atoms with van der Waals surface area (Å²) in [5.74, 6) is -2.23. The minimum atomic E-state index is -1.49. The fraction of sp³-hybridized carbons (Fsp3) is 0.814. The third kappa shape index (κ3) is 14.9. The number of esters is 3. The number of nitrogens with zero attached hydrogens (tertiary/aromatic N) is 1. The molecular formula is C43H71NO15. The van der Waals surface area contributed by atoms with Gasteiger partial charge >= 0.3 is 17.9 Å². The molecule has 0 aliphatic carbocycles. The zero-order valence-electron chi connectivity index (χ0n) is 36.8. The quantitative estimate of drug-likeness (QED) is 0.134. The number of likely N-dealkylation sites (N-methyl/N-ethyl adjacent to an activating group) is 1. The van der Waals surface area contributed by atoms with E-state index < -0.39 is 109 Å². The Morgan fingerprint density at radius 3 is 2.31 bits per heavy atom. The maximum Gasteiger partial charge on any atom is 0.309 e. The normalized spacial score (nSPS) is 38.0. The van der Waals surface area contributed by atoms with Gasteiger partial charge in [0.2, 0.25) is 0 Å². The van der Waals surface area contributed by atoms with E-state index in [2.05, 4.69) is 0 Å². The lowest BCUT2D eigenvalue weighted by Gasteiger charge is -2.50. The van der Waals surface area contributed by atoms with Crippen LogP contribution in [0.25, 0.3) is 0 Å². The van der Waals surface area contributed by atoms with E-state index in [1.54, 1.807) is 59.7 Å². The summed E-state index contributed by atoms with van der Waals surface area (Å²) < 4.78 is 48.9. The van der Waals surface area contributed by atoms with Gasteiger partial charge < -0.3 is 62.9 Å². The summed E-state index contributed by atoms with van der Waals surface area (Å²) in [6, 6.07) is -0.760. The third-order valence-electron chi connectivity index (χ3n) is 11.1. The van der Waals surface area contributed by atoms with Crippen molar-refractivity contribution in [3.63, 3.8) is 0 Å². The Kier molecular flexibility index (Phi) is 19.9. The molecule has 0 radical (unpaired) electrons. The van der Waals surface area contributed by atoms with Crippen LogP contribution in [0.1, 0.15) is 107 Å². The lowest BCUT2D eigenvalue weighted by atomic mass is 9.83. The number of aldehydes is 1. The number of carbonyl (C=O) groups is 4. The summed E-state index contributed by atoms with van der Waals surface area (Å²) in [6.07, 6.45) is -4.27. The molecule has 0 bridgehead atoms. The number of ether oxygens (including phenoxy) is 8. The molecule has 3 N–H and O–H groups in total. The number of rotatable bonds is 13. The highest BCUT2D eigenvalue weighted by Gasteiger charge is 2.53. The standard InChI is InChI=1S/C43H71NO15/c1-12-32(47)56-31-22-34(49)53-26(5)21-30(46)16-14-13-15-25(4)20-29(17-18-45)39(40(31)52-11)59-42-37(50)36(44(9)10)38(27(6)55-42)58-35-23-43(8,51)41(28(7)54-35)57-33(48)19-24(2)3/h13-14,16,18,24-29,31,35-42,46,50-51H,12,15,17,19-23H2,1-11H3. The van der Waals surface area contributed by atoms with E-state index in [4.69, 9.17) is 37.9 Å². The van der Waals surface area contributed by atoms with Gasteiger partial charge in [-0.1, -0.05) is 39.8 Å². The van der Waals surface area contributed by atoms with E-state index in [-0.39, 0.29) is 49.7 Å². The molecule has 15 atom stereocenters. The summed E-state index contributed by atoms with van der Waals surface area (Å²) in [4.78, 5) is 52.8. The molecule has 16 heteroatoms. The van der Waals surface area contributed by atoms with Crippen molar-refractivity contribution in [3.05, 3.63) is 24.0 Å². The minimum absolute atomic E-state index is 0.000433. The van der Waals surface area contributed by atoms with Gasteiger partial charge in [0.1, 0.15) is 42.4 Å². The van der Waals surface area contributed by atoms with Gasteiger partial charge in [0, 0.05) is 39.2 Å². The predicted octanol–water partition coefficient (Wildman–Crippen LogP) is 4.32. The second-order valence-corrected chi connectivity index (χ2v) is 17.3. The van der Waals surface area contributed by atoms with Crippen LogP contribution in [-0.2, 0) is 57.1 Å². The van der Waals surface area contributed by atoms with E-state index in [1.807, 2.05) is 26.8 Å². The highest BCUT2D eigenvalue weighted by Crippen LogP contribution is 2.38. The Morgan fingerprint density at radius 1 is 1.02 bits per heavy atom. The largest absolute Gasteiger partial charge is 0.512 e. The molecule has 2 fully saturated rings. The Bertz CT molecular complexity index is 1420. The predicted molar refractivity (Wildman–Crippen MR) is 215 cm³/mol. The lowest BCUT2D eigenvalue weighted by Crippen LogP contribution is -2.66. The van der Waals surface area contributed by atoms with E-state index in [1.165, 1.54) is 13.2 Å². The average Bonchev–Trinajstić information content (AvgIpc) is 3.12. The summed E-state index contributed by atoms with van der Waals surface area (Å²) in [7, 11) is 4.91. The summed E-state index contributed by atoms with van der Waals surface area (Å²) >= 11 is 0. The van der Waals surface area contributed by atoms with Crippen LogP contribution >= 0.6 is 0 Å². The number of hydrogen-bond acceptors (Lipinski definition) is 16. The number of aliphatic hydroxyl groups excluding tert-OH is 2. The second kappa shape index (κ2) is 23.3. The van der Waals surface area contributed by atoms with Crippen molar-refractivity contribution >= 4 is 24.2 Å². The number of cyclic esters (lactones) is 1. The summed E-state index contributed by atoms with van der Waals surface area (Å²) in [5.41, 5.74) is -1.49. The number of carbonyl (C=O) groups excluding carboxylic acids is 4. The summed E-state index contributed by atoms with van der Waals surface area (Å²) in [6.45, 7) is 14.1. The van der Waals surface area contributed by atoms with E-state index in [0.29, 0.717) is 12.8 Å². The first-order chi connectivity index (χ1) is 27.7. The first-order valence-electron chi connectivity index (χ1n) is 21.0. The lowest BCUT2D eigenvalue weighted by molar-refractivity contribution is -0.344. The molecule has 15 unspecified atom stereocenters. The monoisotopic (exact) mass is 841 g/mol. The number of hydrogen-bond donors (Lipinski definition) is 3. The van der Waals surface area contributed by atoms with Crippen LogP contribution in [0, 0.1) is 17.8 Å². The highest BCUT2D eigenvalue weighted by atomic mass is 16.7. The van der Waals surface area contributed by atoms with Crippen LogP contribution in [-0.4, -0.2) is 145 Å². The molecule has 0 aromatic rings. The molecule has 0 aromatic heterocycles. The fourth-order valence-corrected chi connectivity index (χ4v) is 8.24. The van der Waals surface area contributed by atoms with Crippen LogP contribution in [0.3, 0.4) is 0 Å². The van der Waals surface area contributed by atoms with Gasteiger partial charge in [-0.25, -0.2) is 0 Å². The van der Waals surface area contributed by atoms with Crippen molar-refractivity contribution in [1.29, 1.82) is 0 Å². The summed E-state index contributed by atoms with van der Waals surface area (Å²) in [5, 5.41) is 34.0. The molecule has 59 heavy (non-hydrogen) atoms. The molecule has 3 aliphatic rings. The van der Waals surface area contributed by atoms with Crippen molar-refractivity contribution in [2.75, 3.05) is 21.2 Å². The molecule has 338 valence electrons. The maximum absolute atomic E-state index is 13.4. The van der Waals surface area contributed by atoms with Gasteiger partial charge in [-0.15, -0.1) is 0 Å². The Hall–Kier alpha value is -2.96. The zero-order chi connectivity index (χ0) is 44.2. The highest BCUT2D eigenvalue weighted by molar-refractivity contribution is 5.72. The van der Waals surface area contributed by atoms with Gasteiger partial charge in [0.25, 0.3) is 0 Å². The van der Waals surface area contributed by atoms with Gasteiger partial charge in [-0.05, 0) is 78.5 Å². The third-order valence-corrected chi connectivity index (χ3v) is 11.1. The molecular weight excluding hydrogens is 770 g/mol. The molecule has 3 aliphatic heterocycles. The average molecular weight is 842 g/mol. The van der Waals surface area contributed by atoms with Gasteiger partial charge in [-0.3, -0.25) is 14.4 Å². The van der Waals surface area contributed by atoms with Crippen molar-refractivity contribution in [2.45, 2.75) is 186 Å². The molecule has 3 rings (SSSR count). The molecule has 0 amide bonds. The van der Waals surface area contributed by atoms with E-state index in [0.717, 1.165) is 6.29 Å². The van der Waals surface area contributed by atoms with Crippen LogP contribution in [0.4, 0.5) is 0 Å². The molecule has 2 saturated heterocycles. The Morgan fingerprint density at radius 2 is 1.71 bits per heavy atom. The number of allylic oxidation sites excluding steroid dienone is 3. The van der Waals surface area contributed by atoms with Crippen molar-refractivity contribution in [3.8, 4) is 0 Å². The molecule has 16 nitrogen and oxygen atoms in total. The topological polar surface area (TPSA) is 206 Å². The molecule has 3 heterocycles. The van der Waals surface area contributed by atoms with Crippen LogP contribution in [0.2, 0.25) is 0 Å². The Balaban J connectivity index is 1.98. The van der Waals surface area contributed by atoms with Crippen LogP contribution < -0.4 is 0 Å². The Labute approximate surface area is 349 Å². The molecule has 0 spiro atoms. The molecule has 0 saturated carbocycles. The zero-order valence-corrected chi connectivity index (χ0v) is 36.8. The minimum Gasteiger partial charge on any atom is -0.512 e. The first kappa shape index (κ1) is 50.4. The SMILES string of the molecule is CCC(=O)OC1CC(=O)OC(C)CC(O)=CC=CCC(C)CC(CC=O)C(OC2OC(C)C(OC3CC(C)(O)C(OC(=O)CC(C)C)C(C)O3)C(N(C)C)C2O)C1OC. The van der Waals surface area contributed by atoms with Crippen molar-refractivity contribution in [1.82, 2.24) is 4.90 Å². The van der Waals surface area contributed by atoms with Gasteiger partial charge in [0.05, 0.1) is 36.5 Å².